The molecule has 170 valence electrons. The van der Waals surface area contributed by atoms with Gasteiger partial charge >= 0.3 is 0 Å². The summed E-state index contributed by atoms with van der Waals surface area (Å²) in [6.45, 7) is 11.1. The molecule has 0 saturated heterocycles. The van der Waals surface area contributed by atoms with Gasteiger partial charge in [0, 0.05) is 11.8 Å². The van der Waals surface area contributed by atoms with Gasteiger partial charge in [-0.15, -0.1) is 0 Å². The highest BCUT2D eigenvalue weighted by Crippen LogP contribution is 2.66. The molecule has 8 atom stereocenters. The molecule has 4 rings (SSSR count). The van der Waals surface area contributed by atoms with Crippen molar-refractivity contribution in [1.29, 1.82) is 0 Å². The third kappa shape index (κ3) is 3.63. The van der Waals surface area contributed by atoms with Crippen LogP contribution in [0.15, 0.2) is 23.3 Å². The molecule has 3 heteroatoms. The lowest BCUT2D eigenvalue weighted by Gasteiger charge is -2.56. The van der Waals surface area contributed by atoms with Crippen molar-refractivity contribution in [2.24, 2.45) is 34.5 Å². The van der Waals surface area contributed by atoms with Crippen molar-refractivity contribution in [1.82, 2.24) is 0 Å². The van der Waals surface area contributed by atoms with E-state index in [1.807, 2.05) is 13.8 Å². The maximum atomic E-state index is 11.0. The van der Waals surface area contributed by atoms with Gasteiger partial charge in [0.2, 0.25) is 0 Å². The molecule has 0 amide bonds. The second-order valence-electron chi connectivity index (χ2n) is 12.3. The fourth-order valence-corrected chi connectivity index (χ4v) is 8.08. The van der Waals surface area contributed by atoms with E-state index < -0.39 is 17.8 Å². The van der Waals surface area contributed by atoms with Crippen molar-refractivity contribution in [3.05, 3.63) is 23.3 Å². The molecule has 0 aromatic rings. The quantitative estimate of drug-likeness (QED) is 0.563. The highest BCUT2D eigenvalue weighted by atomic mass is 16.3. The zero-order chi connectivity index (χ0) is 21.9. The molecule has 0 aliphatic heterocycles. The predicted molar refractivity (Wildman–Crippen MR) is 122 cm³/mol. The van der Waals surface area contributed by atoms with E-state index in [9.17, 15) is 15.3 Å². The van der Waals surface area contributed by atoms with E-state index in [0.717, 1.165) is 31.6 Å². The van der Waals surface area contributed by atoms with Crippen LogP contribution < -0.4 is 0 Å². The van der Waals surface area contributed by atoms with Gasteiger partial charge in [0.15, 0.2) is 0 Å². The molecular weight excluding hydrogens is 372 g/mol. The topological polar surface area (TPSA) is 60.7 Å². The lowest BCUT2D eigenvalue weighted by atomic mass is 9.49. The highest BCUT2D eigenvalue weighted by molar-refractivity contribution is 5.40. The number of rotatable bonds is 5. The van der Waals surface area contributed by atoms with E-state index >= 15 is 0 Å². The van der Waals surface area contributed by atoms with Gasteiger partial charge in [-0.1, -0.05) is 56.9 Å². The summed E-state index contributed by atoms with van der Waals surface area (Å²) in [5, 5.41) is 31.3. The van der Waals surface area contributed by atoms with E-state index in [1.54, 1.807) is 5.57 Å². The highest BCUT2D eigenvalue weighted by Gasteiger charge is 2.58. The molecule has 4 aliphatic carbocycles. The van der Waals surface area contributed by atoms with E-state index in [-0.39, 0.29) is 5.41 Å². The van der Waals surface area contributed by atoms with Crippen LogP contribution in [-0.2, 0) is 0 Å². The number of fused-ring (bicyclic) bond motifs is 5. The zero-order valence-electron chi connectivity index (χ0n) is 19.8. The van der Waals surface area contributed by atoms with Crippen LogP contribution >= 0.6 is 0 Å². The number of aliphatic hydroxyl groups excluding tert-OH is 2. The number of allylic oxidation sites excluding steroid dienone is 3. The van der Waals surface area contributed by atoms with Gasteiger partial charge in [-0.05, 0) is 81.5 Å². The Morgan fingerprint density at radius 2 is 1.83 bits per heavy atom. The summed E-state index contributed by atoms with van der Waals surface area (Å²) in [4.78, 5) is 0. The minimum atomic E-state index is -0.555. The molecule has 0 heterocycles. The Morgan fingerprint density at radius 1 is 1.10 bits per heavy atom. The Kier molecular flexibility index (Phi) is 5.82. The van der Waals surface area contributed by atoms with Gasteiger partial charge in [0.25, 0.3) is 0 Å². The van der Waals surface area contributed by atoms with Crippen molar-refractivity contribution in [2.45, 2.75) is 110 Å². The van der Waals surface area contributed by atoms with Crippen molar-refractivity contribution in [3.8, 4) is 0 Å². The summed E-state index contributed by atoms with van der Waals surface area (Å²) < 4.78 is 0. The van der Waals surface area contributed by atoms with Gasteiger partial charge in [0.05, 0.1) is 17.8 Å². The lowest BCUT2D eigenvalue weighted by molar-refractivity contribution is -0.0545. The Hall–Kier alpha value is -0.640. The zero-order valence-corrected chi connectivity index (χ0v) is 19.8. The SMILES string of the molecule is C[C@H](CCCC(C)(C)O)[C@H]1CC[C@H]2C3=CC=C4C[C@@H](O)C[C@H](O)[C@@]4(C)C3CC[C@]12C. The first-order chi connectivity index (χ1) is 14.0. The minimum absolute atomic E-state index is 0.193. The van der Waals surface area contributed by atoms with Crippen LogP contribution in [0.1, 0.15) is 92.4 Å². The number of hydrogen-bond acceptors (Lipinski definition) is 3. The van der Waals surface area contributed by atoms with E-state index in [2.05, 4.69) is 32.9 Å². The first-order valence-electron chi connectivity index (χ1n) is 12.5. The maximum absolute atomic E-state index is 11.0. The summed E-state index contributed by atoms with van der Waals surface area (Å²) in [5.74, 6) is 2.51. The third-order valence-electron chi connectivity index (χ3n) is 9.86. The molecule has 3 N–H and O–H groups in total. The lowest BCUT2D eigenvalue weighted by Crippen LogP contribution is -2.52. The maximum Gasteiger partial charge on any atom is 0.0661 e. The van der Waals surface area contributed by atoms with Crippen molar-refractivity contribution >= 4 is 0 Å². The summed E-state index contributed by atoms with van der Waals surface area (Å²) in [7, 11) is 0. The number of hydrogen-bond donors (Lipinski definition) is 3. The fourth-order valence-electron chi connectivity index (χ4n) is 8.08. The molecule has 0 aromatic carbocycles. The molecule has 0 aromatic heterocycles. The molecule has 30 heavy (non-hydrogen) atoms. The molecule has 0 bridgehead atoms. The van der Waals surface area contributed by atoms with Crippen molar-refractivity contribution < 1.29 is 15.3 Å². The summed E-state index contributed by atoms with van der Waals surface area (Å²) in [5.41, 5.74) is 2.47. The van der Waals surface area contributed by atoms with Gasteiger partial charge in [0.1, 0.15) is 0 Å². The third-order valence-corrected chi connectivity index (χ3v) is 9.86. The minimum Gasteiger partial charge on any atom is -0.393 e. The van der Waals surface area contributed by atoms with Crippen molar-refractivity contribution in [3.63, 3.8) is 0 Å². The molecule has 0 spiro atoms. The van der Waals surface area contributed by atoms with Crippen LogP contribution in [0.4, 0.5) is 0 Å². The summed E-state index contributed by atoms with van der Waals surface area (Å²) >= 11 is 0. The van der Waals surface area contributed by atoms with Crippen LogP contribution in [0.3, 0.4) is 0 Å². The molecule has 4 aliphatic rings. The monoisotopic (exact) mass is 416 g/mol. The second-order valence-corrected chi connectivity index (χ2v) is 12.3. The Morgan fingerprint density at radius 3 is 2.53 bits per heavy atom. The van der Waals surface area contributed by atoms with E-state index in [1.165, 1.54) is 31.3 Å². The van der Waals surface area contributed by atoms with Crippen LogP contribution in [0.25, 0.3) is 0 Å². The van der Waals surface area contributed by atoms with E-state index in [4.69, 9.17) is 0 Å². The first kappa shape index (κ1) is 22.6. The molecular formula is C27H44O3. The van der Waals surface area contributed by atoms with E-state index in [0.29, 0.717) is 29.6 Å². The largest absolute Gasteiger partial charge is 0.393 e. The van der Waals surface area contributed by atoms with Gasteiger partial charge in [-0.2, -0.15) is 0 Å². The molecule has 3 saturated carbocycles. The van der Waals surface area contributed by atoms with Crippen LogP contribution in [0, 0.1) is 34.5 Å². The molecule has 3 nitrogen and oxygen atoms in total. The summed E-state index contributed by atoms with van der Waals surface area (Å²) in [6.07, 6.45) is 13.2. The first-order valence-corrected chi connectivity index (χ1v) is 12.5. The second kappa shape index (κ2) is 7.74. The summed E-state index contributed by atoms with van der Waals surface area (Å²) in [6, 6.07) is 0. The van der Waals surface area contributed by atoms with Crippen LogP contribution in [0.2, 0.25) is 0 Å². The normalized spacial score (nSPS) is 44.5. The standard InChI is InChI=1S/C27H44O3/c1-17(7-6-13-25(2,3)30)21-10-11-22-20-9-8-18-15-19(28)16-24(29)27(18,5)23(20)12-14-26(21,22)4/h8-9,17,19,21-24,28-30H,6-7,10-16H2,1-5H3/t17-,19-,21-,22+,23?,24+,26-,27-/m1/s1. The van der Waals surface area contributed by atoms with Crippen LogP contribution in [-0.4, -0.2) is 33.1 Å². The fraction of sp³-hybridized carbons (Fsp3) is 0.852. The molecule has 1 unspecified atom stereocenters. The average Bonchev–Trinajstić information content (AvgIpc) is 2.99. The van der Waals surface area contributed by atoms with Gasteiger partial charge < -0.3 is 15.3 Å². The Labute approximate surface area is 183 Å². The number of aliphatic hydroxyl groups is 3. The molecule has 0 radical (unpaired) electrons. The molecule has 3 fully saturated rings. The average molecular weight is 417 g/mol. The van der Waals surface area contributed by atoms with Gasteiger partial charge in [-0.25, -0.2) is 0 Å². The van der Waals surface area contributed by atoms with Crippen LogP contribution in [0.5, 0.6) is 0 Å². The smallest absolute Gasteiger partial charge is 0.0661 e. The predicted octanol–water partition coefficient (Wildman–Crippen LogP) is 5.39. The van der Waals surface area contributed by atoms with Crippen molar-refractivity contribution in [2.75, 3.05) is 0 Å². The Bertz CT molecular complexity index is 716. The Balaban J connectivity index is 1.53. The van der Waals surface area contributed by atoms with Gasteiger partial charge in [-0.3, -0.25) is 0 Å².